The molecule has 0 aromatic rings. The first kappa shape index (κ1) is 13.1. The van der Waals surface area contributed by atoms with E-state index in [2.05, 4.69) is 5.73 Å². The second-order valence-corrected chi connectivity index (χ2v) is 3.37. The van der Waals surface area contributed by atoms with Crippen LogP contribution in [0.5, 0.6) is 0 Å². The summed E-state index contributed by atoms with van der Waals surface area (Å²) in [5, 5.41) is 36.7. The molecule has 0 saturated heterocycles. The molecule has 1 rings (SSSR count). The van der Waals surface area contributed by atoms with Gasteiger partial charge in [0.2, 0.25) is 0 Å². The molecule has 0 amide bonds. The Hall–Kier alpha value is 0.0900. The molecule has 0 aromatic carbocycles. The monoisotopic (exact) mass is 213 g/mol. The van der Waals surface area contributed by atoms with Crippen molar-refractivity contribution in [1.29, 1.82) is 0 Å². The predicted octanol–water partition coefficient (Wildman–Crippen LogP) is -6.30. The van der Waals surface area contributed by atoms with Gasteiger partial charge in [-0.2, -0.15) is 0 Å². The number of aliphatic hydroxyl groups is 4. The highest BCUT2D eigenvalue weighted by molar-refractivity contribution is 4.91. The summed E-state index contributed by atoms with van der Waals surface area (Å²) >= 11 is 0. The topological polar surface area (TPSA) is 109 Å². The number of halogens is 1. The highest BCUT2D eigenvalue weighted by Gasteiger charge is 2.43. The first-order valence-electron chi connectivity index (χ1n) is 4.06. The molecule has 5 nitrogen and oxygen atoms in total. The van der Waals surface area contributed by atoms with E-state index in [-0.39, 0.29) is 25.4 Å². The summed E-state index contributed by atoms with van der Waals surface area (Å²) < 4.78 is 0. The maximum Gasteiger partial charge on any atom is 0.132 e. The smallest absolute Gasteiger partial charge is 0.132 e. The Bertz CT molecular complexity index is 159. The molecular weight excluding hydrogens is 198 g/mol. The maximum atomic E-state index is 9.36. The van der Waals surface area contributed by atoms with E-state index in [1.165, 1.54) is 0 Å². The molecule has 0 aromatic heterocycles. The second kappa shape index (κ2) is 5.09. The average molecular weight is 214 g/mol. The molecule has 5 atom stereocenters. The molecule has 1 saturated carbocycles. The van der Waals surface area contributed by atoms with Gasteiger partial charge in [0.15, 0.2) is 0 Å². The van der Waals surface area contributed by atoms with Crippen molar-refractivity contribution in [2.24, 2.45) is 5.92 Å². The van der Waals surface area contributed by atoms with Crippen LogP contribution in [0.2, 0.25) is 0 Å². The van der Waals surface area contributed by atoms with Crippen LogP contribution in [0.25, 0.3) is 0 Å². The minimum absolute atomic E-state index is 0. The molecule has 13 heavy (non-hydrogen) atoms. The van der Waals surface area contributed by atoms with Gasteiger partial charge < -0.3 is 38.6 Å². The maximum absolute atomic E-state index is 9.36. The van der Waals surface area contributed by atoms with Gasteiger partial charge in [-0.25, -0.2) is 0 Å². The van der Waals surface area contributed by atoms with Crippen LogP contribution in [0.3, 0.4) is 0 Å². The molecule has 1 fully saturated rings. The van der Waals surface area contributed by atoms with E-state index < -0.39 is 30.3 Å². The van der Waals surface area contributed by atoms with E-state index >= 15 is 0 Å². The fraction of sp³-hybridized carbons (Fsp3) is 1.00. The minimum Gasteiger partial charge on any atom is -1.00 e. The van der Waals surface area contributed by atoms with Gasteiger partial charge in [-0.3, -0.25) is 0 Å². The van der Waals surface area contributed by atoms with Crippen LogP contribution in [0, 0.1) is 5.92 Å². The number of rotatable bonds is 1. The molecule has 0 heterocycles. The van der Waals surface area contributed by atoms with Crippen LogP contribution in [0.4, 0.5) is 0 Å². The van der Waals surface area contributed by atoms with Gasteiger partial charge in [-0.1, -0.05) is 0 Å². The average Bonchev–Trinajstić information content (AvgIpc) is 2.01. The summed E-state index contributed by atoms with van der Waals surface area (Å²) in [6.07, 6.45) is -2.52. The SMILES string of the molecule is [Cl-].[NH3+][C@@H]1[C@@H](O)[C@@H](O)C[C@H](O)[C@H]1CO. The van der Waals surface area contributed by atoms with Crippen molar-refractivity contribution in [3.8, 4) is 0 Å². The summed E-state index contributed by atoms with van der Waals surface area (Å²) in [6.45, 7) is -0.209. The summed E-state index contributed by atoms with van der Waals surface area (Å²) in [5.74, 6) is -0.427. The normalized spacial score (nSPS) is 45.5. The Kier molecular flexibility index (Phi) is 5.13. The van der Waals surface area contributed by atoms with E-state index in [1.54, 1.807) is 0 Å². The third-order valence-electron chi connectivity index (χ3n) is 2.57. The number of quaternary nitrogens is 1. The molecular formula is C7H16ClNO4. The molecule has 0 bridgehead atoms. The highest BCUT2D eigenvalue weighted by atomic mass is 35.5. The zero-order valence-electron chi connectivity index (χ0n) is 7.17. The lowest BCUT2D eigenvalue weighted by atomic mass is 9.79. The zero-order chi connectivity index (χ0) is 9.30. The zero-order valence-corrected chi connectivity index (χ0v) is 7.93. The molecule has 0 radical (unpaired) electrons. The number of aliphatic hydroxyl groups excluding tert-OH is 4. The van der Waals surface area contributed by atoms with Gasteiger partial charge >= 0.3 is 0 Å². The van der Waals surface area contributed by atoms with Gasteiger partial charge in [0.1, 0.15) is 12.1 Å². The lowest BCUT2D eigenvalue weighted by molar-refractivity contribution is -0.467. The molecule has 7 N–H and O–H groups in total. The molecule has 80 valence electrons. The van der Waals surface area contributed by atoms with Crippen molar-refractivity contribution in [1.82, 2.24) is 0 Å². The third kappa shape index (κ3) is 2.52. The Labute approximate surface area is 82.6 Å². The summed E-state index contributed by atoms with van der Waals surface area (Å²) in [5.41, 5.74) is 3.60. The van der Waals surface area contributed by atoms with Gasteiger partial charge in [-0.15, -0.1) is 0 Å². The molecule has 0 spiro atoms. The van der Waals surface area contributed by atoms with Crippen LogP contribution in [-0.4, -0.2) is 51.4 Å². The Morgan fingerprint density at radius 2 is 1.69 bits per heavy atom. The summed E-state index contributed by atoms with van der Waals surface area (Å²) in [6, 6.07) is -0.506. The van der Waals surface area contributed by atoms with Crippen LogP contribution in [0.15, 0.2) is 0 Å². The van der Waals surface area contributed by atoms with Gasteiger partial charge in [-0.05, 0) is 0 Å². The van der Waals surface area contributed by atoms with Gasteiger partial charge in [0.25, 0.3) is 0 Å². The van der Waals surface area contributed by atoms with Crippen LogP contribution in [0.1, 0.15) is 6.42 Å². The van der Waals surface area contributed by atoms with Crippen molar-refractivity contribution >= 4 is 0 Å². The lowest BCUT2D eigenvalue weighted by Gasteiger charge is -2.36. The predicted molar refractivity (Wildman–Crippen MR) is 39.9 cm³/mol. The molecule has 1 aliphatic rings. The van der Waals surface area contributed by atoms with Crippen LogP contribution < -0.4 is 18.1 Å². The number of hydrogen-bond acceptors (Lipinski definition) is 4. The quantitative estimate of drug-likeness (QED) is 0.299. The lowest BCUT2D eigenvalue weighted by Crippen LogP contribution is -3.00. The van der Waals surface area contributed by atoms with Crippen LogP contribution >= 0.6 is 0 Å². The minimum atomic E-state index is -0.939. The Morgan fingerprint density at radius 3 is 2.15 bits per heavy atom. The first-order valence-corrected chi connectivity index (χ1v) is 4.06. The standard InChI is InChI=1S/C7H15NO4.ClH/c8-6-3(2-9)4(10)1-5(11)7(6)12;/h3-7,9-12H,1-2,8H2;1H/t3-,4+,5+,6+,7+;/m1./s1. The Morgan fingerprint density at radius 1 is 1.15 bits per heavy atom. The van der Waals surface area contributed by atoms with E-state index in [0.717, 1.165) is 0 Å². The van der Waals surface area contributed by atoms with Crippen molar-refractivity contribution in [2.45, 2.75) is 30.8 Å². The van der Waals surface area contributed by atoms with Gasteiger partial charge in [0.05, 0.1) is 24.7 Å². The molecule has 0 unspecified atom stereocenters. The molecule has 1 aliphatic carbocycles. The second-order valence-electron chi connectivity index (χ2n) is 3.37. The van der Waals surface area contributed by atoms with Crippen LogP contribution in [-0.2, 0) is 0 Å². The fourth-order valence-corrected chi connectivity index (χ4v) is 1.64. The molecule has 0 aliphatic heterocycles. The largest absolute Gasteiger partial charge is 1.00 e. The number of hydrogen-bond donors (Lipinski definition) is 5. The third-order valence-corrected chi connectivity index (χ3v) is 2.57. The fourth-order valence-electron chi connectivity index (χ4n) is 1.64. The van der Waals surface area contributed by atoms with E-state index in [9.17, 15) is 15.3 Å². The van der Waals surface area contributed by atoms with E-state index in [4.69, 9.17) is 5.11 Å². The summed E-state index contributed by atoms with van der Waals surface area (Å²) in [7, 11) is 0. The van der Waals surface area contributed by atoms with Gasteiger partial charge in [0, 0.05) is 6.42 Å². The first-order chi connectivity index (χ1) is 5.57. The highest BCUT2D eigenvalue weighted by Crippen LogP contribution is 2.22. The van der Waals surface area contributed by atoms with E-state index in [0.29, 0.717) is 0 Å². The van der Waals surface area contributed by atoms with Crippen molar-refractivity contribution in [2.75, 3.05) is 6.61 Å². The Balaban J connectivity index is 0.00000144. The van der Waals surface area contributed by atoms with Crippen molar-refractivity contribution in [3.63, 3.8) is 0 Å². The van der Waals surface area contributed by atoms with Crippen molar-refractivity contribution in [3.05, 3.63) is 0 Å². The molecule has 6 heteroatoms. The van der Waals surface area contributed by atoms with E-state index in [1.807, 2.05) is 0 Å². The van der Waals surface area contributed by atoms with Crippen molar-refractivity contribution < 1.29 is 38.6 Å². The summed E-state index contributed by atoms with van der Waals surface area (Å²) in [4.78, 5) is 0.